The van der Waals surface area contributed by atoms with Gasteiger partial charge in [0.25, 0.3) is 0 Å². The number of carboxylic acids is 1. The van der Waals surface area contributed by atoms with Crippen molar-refractivity contribution in [2.24, 2.45) is 5.92 Å². The van der Waals surface area contributed by atoms with Crippen LogP contribution in [0.3, 0.4) is 0 Å². The van der Waals surface area contributed by atoms with Gasteiger partial charge in [-0.05, 0) is 74.4 Å². The fourth-order valence-electron chi connectivity index (χ4n) is 7.14. The summed E-state index contributed by atoms with van der Waals surface area (Å²) in [7, 11) is 0. The van der Waals surface area contributed by atoms with E-state index in [-0.39, 0.29) is 23.6 Å². The summed E-state index contributed by atoms with van der Waals surface area (Å²) in [6, 6.07) is 8.62. The number of aryl methyl sites for hydroxylation is 3. The zero-order valence-electron chi connectivity index (χ0n) is 24.2. The summed E-state index contributed by atoms with van der Waals surface area (Å²) >= 11 is 6.05. The van der Waals surface area contributed by atoms with Crippen LogP contribution < -0.4 is 0 Å². The van der Waals surface area contributed by atoms with Crippen molar-refractivity contribution in [1.29, 1.82) is 0 Å². The Morgan fingerprint density at radius 2 is 1.68 bits per heavy atom. The molecule has 222 valence electrons. The zero-order valence-corrected chi connectivity index (χ0v) is 25.0. The molecule has 9 heteroatoms. The second kappa shape index (κ2) is 12.8. The Balaban J connectivity index is 1.29. The average Bonchev–Trinajstić information content (AvgIpc) is 3.38. The maximum absolute atomic E-state index is 15.1. The van der Waals surface area contributed by atoms with E-state index in [0.717, 1.165) is 29.5 Å². The van der Waals surface area contributed by atoms with E-state index in [4.69, 9.17) is 16.3 Å². The molecule has 1 N–H and O–H groups in total. The first-order chi connectivity index (χ1) is 19.6. The molecule has 0 bridgehead atoms. The van der Waals surface area contributed by atoms with E-state index in [1.807, 2.05) is 30.6 Å². The Morgan fingerprint density at radius 1 is 1.02 bits per heavy atom. The van der Waals surface area contributed by atoms with Crippen LogP contribution in [0.1, 0.15) is 46.6 Å². The van der Waals surface area contributed by atoms with Crippen LogP contribution in [0.15, 0.2) is 30.3 Å². The molecule has 3 aliphatic heterocycles. The lowest BCUT2D eigenvalue weighted by atomic mass is 9.87. The Labute approximate surface area is 247 Å². The molecule has 7 nitrogen and oxygen atoms in total. The second-order valence-electron chi connectivity index (χ2n) is 12.0. The van der Waals surface area contributed by atoms with Gasteiger partial charge in [-0.15, -0.1) is 0 Å². The minimum atomic E-state index is -0.842. The number of ether oxygens (including phenoxy) is 1. The number of likely N-dealkylation sites (tertiary alicyclic amines) is 1. The zero-order chi connectivity index (χ0) is 29.3. The summed E-state index contributed by atoms with van der Waals surface area (Å²) < 4.78 is 20.7. The number of hydrogen-bond donors (Lipinski definition) is 1. The number of nitrogens with zero attached hydrogens (tertiary/aromatic N) is 3. The van der Waals surface area contributed by atoms with E-state index in [0.29, 0.717) is 75.5 Å². The smallest absolute Gasteiger partial charge is 0.321 e. The molecule has 0 aromatic heterocycles. The monoisotopic (exact) mass is 585 g/mol. The molecule has 1 unspecified atom stereocenters. The van der Waals surface area contributed by atoms with Gasteiger partial charge in [-0.1, -0.05) is 35.4 Å². The molecule has 5 rings (SSSR count). The first-order valence-electron chi connectivity index (χ1n) is 14.7. The van der Waals surface area contributed by atoms with Crippen molar-refractivity contribution in [3.05, 3.63) is 69.0 Å². The molecule has 0 radical (unpaired) electrons. The highest BCUT2D eigenvalue weighted by Crippen LogP contribution is 2.38. The normalized spacial score (nSPS) is 23.6. The average molecular weight is 586 g/mol. The van der Waals surface area contributed by atoms with Crippen molar-refractivity contribution >= 4 is 23.5 Å². The quantitative estimate of drug-likeness (QED) is 0.518. The number of halogens is 2. The predicted octanol–water partition coefficient (Wildman–Crippen LogP) is 4.44. The third-order valence-electron chi connectivity index (χ3n) is 9.32. The molecule has 2 aromatic rings. The lowest BCUT2D eigenvalue weighted by Crippen LogP contribution is -2.56. The fraction of sp³-hybridized carbons (Fsp3) is 0.562. The number of amides is 1. The van der Waals surface area contributed by atoms with Crippen LogP contribution in [0.4, 0.5) is 4.39 Å². The number of carbonyl (C=O) groups is 2. The van der Waals surface area contributed by atoms with Gasteiger partial charge in [-0.25, -0.2) is 4.39 Å². The fourth-order valence-corrected chi connectivity index (χ4v) is 7.30. The summed E-state index contributed by atoms with van der Waals surface area (Å²) in [6.45, 7) is 10.6. The highest BCUT2D eigenvalue weighted by Gasteiger charge is 2.44. The summed E-state index contributed by atoms with van der Waals surface area (Å²) in [5, 5.41) is 10.5. The Hall–Kier alpha value is -2.52. The van der Waals surface area contributed by atoms with Crippen molar-refractivity contribution in [2.45, 2.75) is 58.0 Å². The number of aliphatic carboxylic acids is 1. The Bertz CT molecular complexity index is 1250. The van der Waals surface area contributed by atoms with Crippen LogP contribution in [0.2, 0.25) is 5.02 Å². The minimum absolute atomic E-state index is 0.0238. The van der Waals surface area contributed by atoms with Crippen molar-refractivity contribution in [1.82, 2.24) is 14.7 Å². The van der Waals surface area contributed by atoms with Gasteiger partial charge in [0, 0.05) is 69.5 Å². The van der Waals surface area contributed by atoms with Crippen LogP contribution in [0.25, 0.3) is 0 Å². The van der Waals surface area contributed by atoms with Crippen molar-refractivity contribution in [3.63, 3.8) is 0 Å². The maximum Gasteiger partial charge on any atom is 0.321 e. The maximum atomic E-state index is 15.1. The van der Waals surface area contributed by atoms with E-state index >= 15 is 4.39 Å². The molecule has 3 heterocycles. The number of piperazine rings is 1. The molecule has 3 saturated heterocycles. The van der Waals surface area contributed by atoms with E-state index in [1.165, 1.54) is 11.6 Å². The number of carboxylic acid groups (broad SMARTS) is 1. The molecule has 41 heavy (non-hydrogen) atoms. The largest absolute Gasteiger partial charge is 0.480 e. The molecule has 2 aromatic carbocycles. The van der Waals surface area contributed by atoms with E-state index in [1.54, 1.807) is 12.1 Å². The summed E-state index contributed by atoms with van der Waals surface area (Å²) in [4.78, 5) is 32.6. The lowest BCUT2D eigenvalue weighted by molar-refractivity contribution is -0.145. The number of rotatable bonds is 7. The van der Waals surface area contributed by atoms with Gasteiger partial charge in [-0.2, -0.15) is 0 Å². The Kier molecular flexibility index (Phi) is 9.33. The highest BCUT2D eigenvalue weighted by molar-refractivity contribution is 6.30. The second-order valence-corrected chi connectivity index (χ2v) is 12.4. The molecule has 0 saturated carbocycles. The van der Waals surface area contributed by atoms with Crippen LogP contribution in [0, 0.1) is 32.5 Å². The number of benzene rings is 2. The van der Waals surface area contributed by atoms with E-state index in [9.17, 15) is 14.7 Å². The van der Waals surface area contributed by atoms with Crippen molar-refractivity contribution in [2.75, 3.05) is 52.5 Å². The highest BCUT2D eigenvalue weighted by atomic mass is 35.5. The molecule has 3 atom stereocenters. The standard InChI is InChI=1S/C32H41ClFN3O4/c1-20-14-21(2)26(22(3)15-20)17-30(32(39)40)35-8-10-36(11-9-35)31(38)28-19-37(24-6-12-41-13-7-24)18-27(28)25-5-4-23(33)16-29(25)34/h4-5,14-16,24,27-28,30H,6-13,17-19H2,1-3H3,(H,39,40)/t27?,28-,30+/m1/s1. The molecule has 0 spiro atoms. The summed E-state index contributed by atoms with van der Waals surface area (Å²) in [6.07, 6.45) is 2.25. The van der Waals surface area contributed by atoms with Crippen LogP contribution in [-0.2, 0) is 20.7 Å². The lowest BCUT2D eigenvalue weighted by Gasteiger charge is -2.39. The summed E-state index contributed by atoms with van der Waals surface area (Å²) in [5.41, 5.74) is 5.00. The third kappa shape index (κ3) is 6.61. The SMILES string of the molecule is Cc1cc(C)c(C[C@@H](C(=O)O)N2CCN(C(=O)[C@@H]3CN(C4CCOCC4)CC3c3ccc(Cl)cc3F)CC2)c(C)c1. The van der Waals surface area contributed by atoms with Gasteiger partial charge in [0.1, 0.15) is 11.9 Å². The first kappa shape index (κ1) is 30.0. The topological polar surface area (TPSA) is 73.3 Å². The predicted molar refractivity (Wildman–Crippen MR) is 157 cm³/mol. The van der Waals surface area contributed by atoms with Gasteiger partial charge >= 0.3 is 5.97 Å². The van der Waals surface area contributed by atoms with Gasteiger partial charge < -0.3 is 14.7 Å². The first-order valence-corrected chi connectivity index (χ1v) is 15.1. The van der Waals surface area contributed by atoms with Gasteiger partial charge in [0.15, 0.2) is 0 Å². The molecule has 0 aliphatic carbocycles. The van der Waals surface area contributed by atoms with Crippen LogP contribution in [0.5, 0.6) is 0 Å². The minimum Gasteiger partial charge on any atom is -0.480 e. The number of carbonyl (C=O) groups excluding carboxylic acids is 1. The van der Waals surface area contributed by atoms with Gasteiger partial charge in [-0.3, -0.25) is 19.4 Å². The third-order valence-corrected chi connectivity index (χ3v) is 9.56. The van der Waals surface area contributed by atoms with Gasteiger partial charge in [0.2, 0.25) is 5.91 Å². The molecule has 1 amide bonds. The molecule has 3 aliphatic rings. The van der Waals surface area contributed by atoms with E-state index < -0.39 is 12.0 Å². The van der Waals surface area contributed by atoms with Gasteiger partial charge in [0.05, 0.1) is 5.92 Å². The Morgan fingerprint density at radius 3 is 2.29 bits per heavy atom. The molecular formula is C32H41ClFN3O4. The van der Waals surface area contributed by atoms with Crippen LogP contribution in [-0.4, -0.2) is 96.2 Å². The molecular weight excluding hydrogens is 545 g/mol. The summed E-state index contributed by atoms with van der Waals surface area (Å²) in [5.74, 6) is -1.82. The van der Waals surface area contributed by atoms with E-state index in [2.05, 4.69) is 17.0 Å². The number of hydrogen-bond acceptors (Lipinski definition) is 5. The van der Waals surface area contributed by atoms with Crippen molar-refractivity contribution in [3.8, 4) is 0 Å². The van der Waals surface area contributed by atoms with Crippen LogP contribution >= 0.6 is 11.6 Å². The molecule has 3 fully saturated rings. The van der Waals surface area contributed by atoms with Crippen molar-refractivity contribution < 1.29 is 23.8 Å².